The molecule has 2 aromatic heterocycles. The van der Waals surface area contributed by atoms with Gasteiger partial charge in [-0.3, -0.25) is 24.1 Å². The number of carbonyl (C=O) groups excluding carboxylic acids is 7. The fourth-order valence-electron chi connectivity index (χ4n) is 6.90. The summed E-state index contributed by atoms with van der Waals surface area (Å²) in [6.45, 7) is 9.70. The average Bonchev–Trinajstić information content (AvgIpc) is 3.98. The Bertz CT molecular complexity index is 2740. The molecule has 1 saturated heterocycles. The van der Waals surface area contributed by atoms with Crippen molar-refractivity contribution in [2.45, 2.75) is 88.8 Å². The molecule has 1 fully saturated rings. The lowest BCUT2D eigenvalue weighted by atomic mass is 9.95. The predicted octanol–water partition coefficient (Wildman–Crippen LogP) is 2.96. The van der Waals surface area contributed by atoms with Crippen molar-refractivity contribution in [2.24, 2.45) is 5.73 Å². The molecule has 6 rings (SSSR count). The minimum Gasteiger partial charge on any atom is -0.461 e. The Kier molecular flexibility index (Phi) is 16.2. The molecule has 25 heteroatoms. The molecule has 4 atom stereocenters. The molecular weight excluding hydrogens is 989 g/mol. The van der Waals surface area contributed by atoms with E-state index in [-0.39, 0.29) is 39.3 Å². The van der Waals surface area contributed by atoms with Crippen molar-refractivity contribution in [3.05, 3.63) is 110 Å². The van der Waals surface area contributed by atoms with E-state index in [1.807, 2.05) is 0 Å². The van der Waals surface area contributed by atoms with Crippen LogP contribution < -0.4 is 26.8 Å². The number of esters is 4. The number of sulfonamides is 1. The Hall–Kier alpha value is -6.25. The normalized spacial score (nSPS) is 17.3. The number of hydrogen-bond donors (Lipinski definition) is 5. The Labute approximate surface area is 415 Å². The van der Waals surface area contributed by atoms with Gasteiger partial charge in [-0.1, -0.05) is 72.0 Å². The third-order valence-corrected chi connectivity index (χ3v) is 14.2. The van der Waals surface area contributed by atoms with Gasteiger partial charge in [0.15, 0.2) is 6.10 Å². The standard InChI is InChI=1S/C45H52N8O13S4/c1-24(54)63-20-27-21-68-38-31(37(56)53(38)32(27)39(57)64-33(25-14-10-8-11-15-25)26-16-12-9-13-17-26)50-35(55)30(29-34(46)69-36(51-29)40(58)65-43(2,3)4)52-70(61,62)19-18-48-41(59)45(47,28-22-67-23-49-28)42(60)66-44(5,6)7/h8-17,22-23,30-31,33,38,52H,18-21,46-47H2,1-7H3,(H,48,59)(H,50,55)/t30-,31+,38+,45?/m0/s1. The lowest BCUT2D eigenvalue weighted by molar-refractivity contribution is -0.165. The number of amides is 3. The van der Waals surface area contributed by atoms with Crippen LogP contribution in [0.15, 0.2) is 82.8 Å². The van der Waals surface area contributed by atoms with Crippen LogP contribution in [0.25, 0.3) is 0 Å². The van der Waals surface area contributed by atoms with Gasteiger partial charge in [0.1, 0.15) is 51.7 Å². The van der Waals surface area contributed by atoms with Crippen LogP contribution in [0.4, 0.5) is 5.00 Å². The van der Waals surface area contributed by atoms with Gasteiger partial charge < -0.3 is 41.0 Å². The number of thioether (sulfide) groups is 1. The maximum Gasteiger partial charge on any atom is 0.368 e. The molecule has 374 valence electrons. The SMILES string of the molecule is CC(=O)OCC1=C(C(=O)OC(c2ccccc2)c2ccccc2)N2C(=O)[C@@H](NC(=O)[C@@H](NS(=O)(=O)CCNC(=O)C(N)(C(=O)OC(C)(C)C)c3cscn3)c3nc(C(=O)OC(C)(C)C)sc3N)[C@H]2SC1. The summed E-state index contributed by atoms with van der Waals surface area (Å²) in [7, 11) is -4.65. The third-order valence-electron chi connectivity index (χ3n) is 10.1. The molecule has 7 N–H and O–H groups in total. The van der Waals surface area contributed by atoms with Gasteiger partial charge in [0, 0.05) is 30.2 Å². The van der Waals surface area contributed by atoms with Crippen molar-refractivity contribution in [1.29, 1.82) is 0 Å². The number of carbonyl (C=O) groups is 7. The van der Waals surface area contributed by atoms with Crippen molar-refractivity contribution in [3.63, 3.8) is 0 Å². The summed E-state index contributed by atoms with van der Waals surface area (Å²) in [4.78, 5) is 104. The van der Waals surface area contributed by atoms with E-state index in [4.69, 9.17) is 30.4 Å². The number of ether oxygens (including phenoxy) is 4. The van der Waals surface area contributed by atoms with E-state index in [1.165, 1.54) is 17.8 Å². The summed E-state index contributed by atoms with van der Waals surface area (Å²) >= 11 is 2.79. The van der Waals surface area contributed by atoms with E-state index in [2.05, 4.69) is 25.3 Å². The molecule has 0 bridgehead atoms. The summed E-state index contributed by atoms with van der Waals surface area (Å²) in [5.41, 5.74) is 10.2. The highest BCUT2D eigenvalue weighted by Crippen LogP contribution is 2.42. The number of rotatable bonds is 18. The van der Waals surface area contributed by atoms with Crippen LogP contribution in [0, 0.1) is 0 Å². The number of aromatic nitrogens is 2. The number of nitrogens with zero attached hydrogens (tertiary/aromatic N) is 3. The number of benzene rings is 2. The summed E-state index contributed by atoms with van der Waals surface area (Å²) < 4.78 is 52.1. The molecule has 3 amide bonds. The highest BCUT2D eigenvalue weighted by Gasteiger charge is 2.55. The van der Waals surface area contributed by atoms with Crippen molar-refractivity contribution >= 4 is 91.1 Å². The second-order valence-electron chi connectivity index (χ2n) is 17.8. The monoisotopic (exact) mass is 1040 g/mol. The zero-order valence-electron chi connectivity index (χ0n) is 39.0. The van der Waals surface area contributed by atoms with E-state index < -0.39 is 110 Å². The molecule has 0 saturated carbocycles. The first kappa shape index (κ1) is 53.1. The number of nitrogen functional groups attached to an aromatic ring is 1. The van der Waals surface area contributed by atoms with Gasteiger partial charge in [-0.2, -0.15) is 4.72 Å². The molecule has 4 aromatic rings. The number of fused-ring (bicyclic) bond motifs is 1. The molecular formula is C45H52N8O13S4. The minimum absolute atomic E-state index is 0.0421. The van der Waals surface area contributed by atoms with Crippen molar-refractivity contribution in [1.82, 2.24) is 30.2 Å². The van der Waals surface area contributed by atoms with Gasteiger partial charge in [0.2, 0.25) is 26.5 Å². The molecule has 70 heavy (non-hydrogen) atoms. The van der Waals surface area contributed by atoms with E-state index in [9.17, 15) is 42.0 Å². The van der Waals surface area contributed by atoms with E-state index >= 15 is 0 Å². The lowest BCUT2D eigenvalue weighted by Crippen LogP contribution is -2.71. The average molecular weight is 1040 g/mol. The number of nitrogens with two attached hydrogens (primary N) is 2. The van der Waals surface area contributed by atoms with Crippen LogP contribution >= 0.6 is 34.4 Å². The zero-order valence-corrected chi connectivity index (χ0v) is 42.3. The van der Waals surface area contributed by atoms with Crippen molar-refractivity contribution < 1.29 is 60.9 Å². The number of thiazole rings is 2. The Morgan fingerprint density at radius 1 is 0.914 bits per heavy atom. The summed E-state index contributed by atoms with van der Waals surface area (Å²) in [6.07, 6.45) is -0.922. The van der Waals surface area contributed by atoms with Crippen LogP contribution in [-0.4, -0.2) is 112 Å². The predicted molar refractivity (Wildman–Crippen MR) is 258 cm³/mol. The first-order chi connectivity index (χ1) is 32.8. The molecule has 0 radical (unpaired) electrons. The van der Waals surface area contributed by atoms with Gasteiger partial charge in [0.05, 0.1) is 17.0 Å². The molecule has 21 nitrogen and oxygen atoms in total. The molecule has 0 aliphatic carbocycles. The van der Waals surface area contributed by atoms with E-state index in [0.29, 0.717) is 22.5 Å². The van der Waals surface area contributed by atoms with Gasteiger partial charge in [-0.25, -0.2) is 32.8 Å². The number of hydrogen-bond acceptors (Lipinski definition) is 20. The van der Waals surface area contributed by atoms with Crippen molar-refractivity contribution in [3.8, 4) is 0 Å². The summed E-state index contributed by atoms with van der Waals surface area (Å²) in [5.74, 6) is -7.57. The highest BCUT2D eigenvalue weighted by atomic mass is 32.2. The fourth-order valence-corrected chi connectivity index (χ4v) is 10.7. The van der Waals surface area contributed by atoms with Crippen LogP contribution in [0.1, 0.15) is 92.9 Å². The first-order valence-electron chi connectivity index (χ1n) is 21.4. The quantitative estimate of drug-likeness (QED) is 0.0414. The Morgan fingerprint density at radius 3 is 2.09 bits per heavy atom. The number of anilines is 1. The topological polar surface area (TPSA) is 308 Å². The minimum atomic E-state index is -4.65. The summed E-state index contributed by atoms with van der Waals surface area (Å²) in [6, 6.07) is 14.4. The van der Waals surface area contributed by atoms with E-state index in [0.717, 1.165) is 28.0 Å². The molecule has 4 heterocycles. The van der Waals surface area contributed by atoms with Gasteiger partial charge in [-0.15, -0.1) is 23.1 Å². The largest absolute Gasteiger partial charge is 0.461 e. The lowest BCUT2D eigenvalue weighted by Gasteiger charge is -2.50. The first-order valence-corrected chi connectivity index (χ1v) is 25.9. The van der Waals surface area contributed by atoms with E-state index in [1.54, 1.807) is 102 Å². The van der Waals surface area contributed by atoms with Gasteiger partial charge in [0.25, 0.3) is 11.8 Å². The maximum absolute atomic E-state index is 14.4. The van der Waals surface area contributed by atoms with Gasteiger partial charge in [-0.05, 0) is 52.7 Å². The zero-order chi connectivity index (χ0) is 51.3. The van der Waals surface area contributed by atoms with Gasteiger partial charge >= 0.3 is 23.9 Å². The fraction of sp³-hybridized carbons (Fsp3) is 0.400. The maximum atomic E-state index is 14.4. The second kappa shape index (κ2) is 21.4. The smallest absolute Gasteiger partial charge is 0.368 e. The van der Waals surface area contributed by atoms with Crippen molar-refractivity contribution in [2.75, 3.05) is 30.4 Å². The molecule has 2 aliphatic heterocycles. The Balaban J connectivity index is 1.25. The molecule has 2 aliphatic rings. The number of nitrogens with one attached hydrogen (secondary N) is 3. The molecule has 1 unspecified atom stereocenters. The van der Waals surface area contributed by atoms with Crippen LogP contribution in [0.3, 0.4) is 0 Å². The van der Waals surface area contributed by atoms with Crippen LogP contribution in [0.2, 0.25) is 0 Å². The Morgan fingerprint density at radius 2 is 1.53 bits per heavy atom. The van der Waals surface area contributed by atoms with Crippen LogP contribution in [0.5, 0.6) is 0 Å². The highest BCUT2D eigenvalue weighted by molar-refractivity contribution is 8.00. The number of β-lactam (4-membered cyclic amide) rings is 1. The molecule has 2 aromatic carbocycles. The summed E-state index contributed by atoms with van der Waals surface area (Å²) in [5, 5.41) is 4.73. The third kappa shape index (κ3) is 12.6. The van der Waals surface area contributed by atoms with Crippen LogP contribution in [-0.2, 0) is 63.3 Å². The second-order valence-corrected chi connectivity index (χ2v) is 22.5. The molecule has 0 spiro atoms.